The van der Waals surface area contributed by atoms with Gasteiger partial charge in [-0.25, -0.2) is 9.78 Å². The predicted molar refractivity (Wildman–Crippen MR) is 77.7 cm³/mol. The van der Waals surface area contributed by atoms with Gasteiger partial charge in [0.15, 0.2) is 0 Å². The number of carbonyl (C=O) groups excluding carboxylic acids is 2. The van der Waals surface area contributed by atoms with Gasteiger partial charge in [0.05, 0.1) is 11.9 Å². The summed E-state index contributed by atoms with van der Waals surface area (Å²) >= 11 is 0. The van der Waals surface area contributed by atoms with E-state index in [2.05, 4.69) is 4.98 Å². The summed E-state index contributed by atoms with van der Waals surface area (Å²) in [6.45, 7) is 0. The average Bonchev–Trinajstić information content (AvgIpc) is 2.49. The molecule has 1 aliphatic rings. The van der Waals surface area contributed by atoms with Gasteiger partial charge in [0.25, 0.3) is 0 Å². The first-order valence-corrected chi connectivity index (χ1v) is 6.85. The molecular weight excluding hydrogens is 254 g/mol. The predicted octanol–water partition coefficient (Wildman–Crippen LogP) is 1.67. The third-order valence-corrected chi connectivity index (χ3v) is 3.68. The maximum atomic E-state index is 11.2. The number of nitrogen functional groups attached to an aromatic ring is 1. The van der Waals surface area contributed by atoms with Gasteiger partial charge >= 0.3 is 0 Å². The van der Waals surface area contributed by atoms with Gasteiger partial charge in [-0.1, -0.05) is 19.3 Å². The fourth-order valence-electron chi connectivity index (χ4n) is 2.74. The topological polar surface area (TPSA) is 76.3 Å². The summed E-state index contributed by atoms with van der Waals surface area (Å²) in [5.74, 6) is 2.12. The highest BCUT2D eigenvalue weighted by Gasteiger charge is 2.27. The Morgan fingerprint density at radius 3 is 2.60 bits per heavy atom. The van der Waals surface area contributed by atoms with E-state index in [1.165, 1.54) is 12.5 Å². The summed E-state index contributed by atoms with van der Waals surface area (Å²) in [4.78, 5) is 27.8. The number of hydrogen-bond acceptors (Lipinski definition) is 5. The zero-order chi connectivity index (χ0) is 14.4. The molecule has 1 fully saturated rings. The SMILES string of the molecule is Nc1ccc(N(C2CCCCC2)[C@H]([C]=O)C=C=O)cn1. The van der Waals surface area contributed by atoms with E-state index in [4.69, 9.17) is 5.73 Å². The maximum absolute atomic E-state index is 11.2. The average molecular weight is 272 g/mol. The number of nitrogens with two attached hydrogens (primary N) is 1. The van der Waals surface area contributed by atoms with Crippen LogP contribution in [0.5, 0.6) is 0 Å². The molecule has 1 heterocycles. The van der Waals surface area contributed by atoms with Crippen molar-refractivity contribution in [3.63, 3.8) is 0 Å². The van der Waals surface area contributed by atoms with Crippen LogP contribution in [-0.2, 0) is 9.59 Å². The Hall–Kier alpha value is -2.13. The molecule has 1 atom stereocenters. The first-order valence-electron chi connectivity index (χ1n) is 6.85. The Labute approximate surface area is 118 Å². The summed E-state index contributed by atoms with van der Waals surface area (Å²) in [7, 11) is 0. The fraction of sp³-hybridized carbons (Fsp3) is 0.467. The Balaban J connectivity index is 2.33. The Kier molecular flexibility index (Phi) is 4.91. The third-order valence-electron chi connectivity index (χ3n) is 3.68. The highest BCUT2D eigenvalue weighted by atomic mass is 16.1. The smallest absolute Gasteiger partial charge is 0.228 e. The van der Waals surface area contributed by atoms with E-state index >= 15 is 0 Å². The molecule has 0 saturated heterocycles. The molecule has 1 aromatic heterocycles. The van der Waals surface area contributed by atoms with Gasteiger partial charge in [0.2, 0.25) is 6.29 Å². The number of pyridine rings is 1. The normalized spacial score (nSPS) is 17.0. The molecule has 1 aliphatic carbocycles. The van der Waals surface area contributed by atoms with Crippen LogP contribution in [0.15, 0.2) is 24.4 Å². The number of hydrogen-bond donors (Lipinski definition) is 1. The summed E-state index contributed by atoms with van der Waals surface area (Å²) < 4.78 is 0. The Morgan fingerprint density at radius 1 is 1.30 bits per heavy atom. The van der Waals surface area contributed by atoms with E-state index in [1.807, 2.05) is 17.3 Å². The lowest BCUT2D eigenvalue weighted by Crippen LogP contribution is -2.44. The van der Waals surface area contributed by atoms with E-state index in [-0.39, 0.29) is 6.04 Å². The second-order valence-corrected chi connectivity index (χ2v) is 4.99. The van der Waals surface area contributed by atoms with E-state index in [9.17, 15) is 9.59 Å². The largest absolute Gasteiger partial charge is 0.384 e. The van der Waals surface area contributed by atoms with Crippen molar-refractivity contribution in [2.45, 2.75) is 44.2 Å². The molecule has 1 radical (unpaired) electrons. The van der Waals surface area contributed by atoms with Crippen LogP contribution in [0.1, 0.15) is 32.1 Å². The van der Waals surface area contributed by atoms with Crippen LogP contribution in [-0.4, -0.2) is 29.3 Å². The number of anilines is 2. The molecule has 5 nitrogen and oxygen atoms in total. The van der Waals surface area contributed by atoms with Gasteiger partial charge in [-0.3, -0.25) is 4.79 Å². The van der Waals surface area contributed by atoms with Gasteiger partial charge in [-0.2, -0.15) is 0 Å². The summed E-state index contributed by atoms with van der Waals surface area (Å²) in [6.07, 6.45) is 10.2. The van der Waals surface area contributed by atoms with Crippen molar-refractivity contribution in [2.75, 3.05) is 10.6 Å². The molecule has 105 valence electrons. The number of rotatable bonds is 5. The van der Waals surface area contributed by atoms with Crippen LogP contribution in [0.4, 0.5) is 11.5 Å². The second-order valence-electron chi connectivity index (χ2n) is 4.99. The number of aromatic nitrogens is 1. The van der Waals surface area contributed by atoms with E-state index in [0.29, 0.717) is 5.82 Å². The van der Waals surface area contributed by atoms with Gasteiger partial charge in [0.1, 0.15) is 17.8 Å². The van der Waals surface area contributed by atoms with Crippen molar-refractivity contribution in [1.29, 1.82) is 0 Å². The van der Waals surface area contributed by atoms with Gasteiger partial charge in [-0.05, 0) is 25.0 Å². The molecule has 2 N–H and O–H groups in total. The minimum atomic E-state index is -0.721. The molecule has 1 saturated carbocycles. The zero-order valence-electron chi connectivity index (χ0n) is 11.3. The molecule has 1 aromatic rings. The molecule has 20 heavy (non-hydrogen) atoms. The molecule has 2 rings (SSSR count). The van der Waals surface area contributed by atoms with Crippen molar-refractivity contribution in [3.8, 4) is 0 Å². The highest BCUT2D eigenvalue weighted by molar-refractivity contribution is 5.73. The van der Waals surface area contributed by atoms with Gasteiger partial charge in [0, 0.05) is 12.1 Å². The van der Waals surface area contributed by atoms with E-state index in [1.54, 1.807) is 18.2 Å². The van der Waals surface area contributed by atoms with Crippen molar-refractivity contribution in [1.82, 2.24) is 4.98 Å². The van der Waals surface area contributed by atoms with E-state index in [0.717, 1.165) is 31.4 Å². The lowest BCUT2D eigenvalue weighted by molar-refractivity contribution is 0.410. The van der Waals surface area contributed by atoms with Gasteiger partial charge in [-0.15, -0.1) is 0 Å². The summed E-state index contributed by atoms with van der Waals surface area (Å²) in [5.41, 5.74) is 6.38. The zero-order valence-corrected chi connectivity index (χ0v) is 11.3. The van der Waals surface area contributed by atoms with Crippen molar-refractivity contribution in [2.24, 2.45) is 0 Å². The van der Waals surface area contributed by atoms with Crippen LogP contribution in [0.3, 0.4) is 0 Å². The van der Waals surface area contributed by atoms with Crippen molar-refractivity contribution in [3.05, 3.63) is 24.4 Å². The lowest BCUT2D eigenvalue weighted by atomic mass is 9.93. The van der Waals surface area contributed by atoms with Gasteiger partial charge < -0.3 is 10.6 Å². The summed E-state index contributed by atoms with van der Waals surface area (Å²) in [5, 5.41) is 0. The number of nitrogens with zero attached hydrogens (tertiary/aromatic N) is 2. The maximum Gasteiger partial charge on any atom is 0.228 e. The van der Waals surface area contributed by atoms with Crippen LogP contribution >= 0.6 is 0 Å². The highest BCUT2D eigenvalue weighted by Crippen LogP contribution is 2.29. The first-order chi connectivity index (χ1) is 9.76. The molecule has 0 aliphatic heterocycles. The van der Waals surface area contributed by atoms with Crippen LogP contribution < -0.4 is 10.6 Å². The van der Waals surface area contributed by atoms with Crippen LogP contribution in [0.25, 0.3) is 0 Å². The van der Waals surface area contributed by atoms with Crippen molar-refractivity contribution >= 4 is 23.7 Å². The van der Waals surface area contributed by atoms with E-state index < -0.39 is 6.04 Å². The minimum Gasteiger partial charge on any atom is -0.384 e. The molecular formula is C15H18N3O2. The summed E-state index contributed by atoms with van der Waals surface area (Å²) in [6, 6.07) is 3.00. The van der Waals surface area contributed by atoms with Crippen LogP contribution in [0, 0.1) is 0 Å². The lowest BCUT2D eigenvalue weighted by Gasteiger charge is -2.37. The fourth-order valence-corrected chi connectivity index (χ4v) is 2.74. The molecule has 5 heteroatoms. The quantitative estimate of drug-likeness (QED) is 0.825. The Morgan fingerprint density at radius 2 is 2.05 bits per heavy atom. The molecule has 0 unspecified atom stereocenters. The molecule has 0 amide bonds. The minimum absolute atomic E-state index is 0.213. The van der Waals surface area contributed by atoms with Crippen molar-refractivity contribution < 1.29 is 9.59 Å². The standard InChI is InChI=1S/C15H18N3O2/c16-15-7-6-13(10-17-15)18(14(11-20)8-9-19)12-4-2-1-3-5-12/h6-8,10,12,14H,1-5H2,(H2,16,17)/t14-/m0/s1. The molecule has 0 aromatic carbocycles. The monoisotopic (exact) mass is 272 g/mol. The molecule has 0 spiro atoms. The second kappa shape index (κ2) is 6.87. The first kappa shape index (κ1) is 14.3. The van der Waals surface area contributed by atoms with Crippen LogP contribution in [0.2, 0.25) is 0 Å². The Bertz CT molecular complexity index is 488. The third kappa shape index (κ3) is 3.25. The molecule has 0 bridgehead atoms.